The average molecular weight is 500 g/mol. The van der Waals surface area contributed by atoms with Gasteiger partial charge in [0.25, 0.3) is 5.91 Å². The molecule has 1 aliphatic rings. The SMILES string of the molecule is CCC(C)[C@@H]1NC(=O)c2ccccc2/C1=C/C(=O)N[C@H](C(=O)N[C@H](C(=O)OC)[C@@H](C)CC)[C@@H](C)CC. The van der Waals surface area contributed by atoms with Crippen LogP contribution in [0.15, 0.2) is 30.3 Å². The van der Waals surface area contributed by atoms with Crippen molar-refractivity contribution in [1.29, 1.82) is 0 Å². The number of fused-ring (bicyclic) bond motifs is 1. The van der Waals surface area contributed by atoms with Crippen molar-refractivity contribution in [3.05, 3.63) is 41.5 Å². The van der Waals surface area contributed by atoms with Crippen molar-refractivity contribution in [2.45, 2.75) is 78.9 Å². The van der Waals surface area contributed by atoms with Gasteiger partial charge in [-0.15, -0.1) is 0 Å². The van der Waals surface area contributed by atoms with Gasteiger partial charge < -0.3 is 20.7 Å². The zero-order valence-electron chi connectivity index (χ0n) is 22.5. The summed E-state index contributed by atoms with van der Waals surface area (Å²) in [5.74, 6) is -1.73. The summed E-state index contributed by atoms with van der Waals surface area (Å²) in [6.07, 6.45) is 3.63. The maximum absolute atomic E-state index is 13.3. The molecule has 0 aliphatic carbocycles. The summed E-state index contributed by atoms with van der Waals surface area (Å²) in [4.78, 5) is 51.5. The van der Waals surface area contributed by atoms with Crippen molar-refractivity contribution in [3.63, 3.8) is 0 Å². The molecule has 1 aromatic carbocycles. The molecule has 1 heterocycles. The Morgan fingerprint density at radius 1 is 0.944 bits per heavy atom. The highest BCUT2D eigenvalue weighted by molar-refractivity contribution is 6.07. The average Bonchev–Trinajstić information content (AvgIpc) is 2.89. The van der Waals surface area contributed by atoms with E-state index in [2.05, 4.69) is 16.0 Å². The molecule has 3 N–H and O–H groups in total. The molecular weight excluding hydrogens is 458 g/mol. The van der Waals surface area contributed by atoms with E-state index < -0.39 is 29.9 Å². The lowest BCUT2D eigenvalue weighted by Crippen LogP contribution is -2.55. The van der Waals surface area contributed by atoms with Crippen LogP contribution in [0.25, 0.3) is 5.57 Å². The fourth-order valence-electron chi connectivity index (χ4n) is 4.33. The predicted molar refractivity (Wildman–Crippen MR) is 140 cm³/mol. The van der Waals surface area contributed by atoms with Crippen molar-refractivity contribution in [2.24, 2.45) is 17.8 Å². The van der Waals surface area contributed by atoms with Gasteiger partial charge in [-0.05, 0) is 35.0 Å². The summed E-state index contributed by atoms with van der Waals surface area (Å²) in [6.45, 7) is 11.7. The van der Waals surface area contributed by atoms with Crippen molar-refractivity contribution < 1.29 is 23.9 Å². The number of hydrogen-bond acceptors (Lipinski definition) is 5. The molecule has 1 unspecified atom stereocenters. The van der Waals surface area contributed by atoms with Crippen molar-refractivity contribution in [3.8, 4) is 0 Å². The number of carbonyl (C=O) groups is 4. The van der Waals surface area contributed by atoms with E-state index in [-0.39, 0.29) is 29.7 Å². The number of ether oxygens (including phenoxy) is 1. The first-order chi connectivity index (χ1) is 17.1. The highest BCUT2D eigenvalue weighted by Gasteiger charge is 2.34. The van der Waals surface area contributed by atoms with Crippen molar-refractivity contribution >= 4 is 29.3 Å². The lowest BCUT2D eigenvalue weighted by atomic mass is 9.82. The van der Waals surface area contributed by atoms with Gasteiger partial charge in [-0.2, -0.15) is 0 Å². The maximum Gasteiger partial charge on any atom is 0.328 e. The summed E-state index contributed by atoms with van der Waals surface area (Å²) in [7, 11) is 1.29. The molecule has 0 aromatic heterocycles. The van der Waals surface area contributed by atoms with E-state index in [0.29, 0.717) is 29.5 Å². The minimum atomic E-state index is -0.842. The van der Waals surface area contributed by atoms with Gasteiger partial charge in [-0.3, -0.25) is 14.4 Å². The zero-order chi connectivity index (χ0) is 27.0. The normalized spacial score (nSPS) is 20.2. The standard InChI is InChI=1S/C28H41N3O5/c1-8-16(4)23-21(19-13-11-12-14-20(19)26(33)30-23)15-22(32)29-24(17(5)9-2)27(34)31-25(18(6)10-3)28(35)36-7/h11-18,23-25H,8-10H2,1-7H3,(H,29,32)(H,30,33)(H,31,34)/b21-15-/t16?,17-,18-,23-,24-,25-/m0/s1. The number of methoxy groups -OCH3 is 1. The zero-order valence-corrected chi connectivity index (χ0v) is 22.5. The third kappa shape index (κ3) is 6.74. The quantitative estimate of drug-likeness (QED) is 0.319. The maximum atomic E-state index is 13.3. The molecule has 8 nitrogen and oxygen atoms in total. The Labute approximate surface area is 214 Å². The molecule has 0 saturated carbocycles. The fraction of sp³-hybridized carbons (Fsp3) is 0.571. The summed E-state index contributed by atoms with van der Waals surface area (Å²) in [6, 6.07) is 5.24. The highest BCUT2D eigenvalue weighted by atomic mass is 16.5. The topological polar surface area (TPSA) is 114 Å². The monoisotopic (exact) mass is 499 g/mol. The molecule has 1 aromatic rings. The number of rotatable bonds is 11. The molecular formula is C28H41N3O5. The largest absolute Gasteiger partial charge is 0.467 e. The second-order valence-corrected chi connectivity index (χ2v) is 9.75. The lowest BCUT2D eigenvalue weighted by molar-refractivity contribution is -0.147. The summed E-state index contributed by atoms with van der Waals surface area (Å²) in [5, 5.41) is 8.69. The van der Waals surface area contributed by atoms with Crippen LogP contribution in [0.1, 0.15) is 76.7 Å². The van der Waals surface area contributed by atoms with E-state index >= 15 is 0 Å². The van der Waals surface area contributed by atoms with Gasteiger partial charge in [0.1, 0.15) is 12.1 Å². The fourth-order valence-corrected chi connectivity index (χ4v) is 4.33. The van der Waals surface area contributed by atoms with Gasteiger partial charge in [0.2, 0.25) is 11.8 Å². The van der Waals surface area contributed by atoms with Crippen LogP contribution in [0.4, 0.5) is 0 Å². The number of nitrogens with one attached hydrogen (secondary N) is 3. The molecule has 0 bridgehead atoms. The molecule has 198 valence electrons. The summed E-state index contributed by atoms with van der Waals surface area (Å²) < 4.78 is 4.89. The third-order valence-corrected chi connectivity index (χ3v) is 7.36. The first-order valence-electron chi connectivity index (χ1n) is 12.9. The number of hydrogen-bond donors (Lipinski definition) is 3. The first kappa shape index (κ1) is 29.1. The van der Waals surface area contributed by atoms with Crippen LogP contribution in [-0.4, -0.2) is 48.9 Å². The number of carbonyl (C=O) groups excluding carboxylic acids is 4. The highest BCUT2D eigenvalue weighted by Crippen LogP contribution is 2.31. The van der Waals surface area contributed by atoms with E-state index in [1.807, 2.05) is 53.7 Å². The molecule has 36 heavy (non-hydrogen) atoms. The van der Waals surface area contributed by atoms with E-state index in [1.165, 1.54) is 13.2 Å². The molecule has 3 amide bonds. The number of benzene rings is 1. The van der Waals surface area contributed by atoms with Crippen LogP contribution in [0, 0.1) is 17.8 Å². The van der Waals surface area contributed by atoms with E-state index in [4.69, 9.17) is 4.74 Å². The Kier molecular flexibility index (Phi) is 10.7. The second kappa shape index (κ2) is 13.2. The molecule has 0 saturated heterocycles. The Morgan fingerprint density at radius 3 is 2.08 bits per heavy atom. The van der Waals surface area contributed by atoms with Gasteiger partial charge >= 0.3 is 5.97 Å². The van der Waals surface area contributed by atoms with E-state index in [9.17, 15) is 19.2 Å². The molecule has 0 fully saturated rings. The minimum absolute atomic E-state index is 0.103. The number of amides is 3. The molecule has 2 rings (SSSR count). The summed E-state index contributed by atoms with van der Waals surface area (Å²) >= 11 is 0. The Morgan fingerprint density at radius 2 is 1.53 bits per heavy atom. The molecule has 6 atom stereocenters. The van der Waals surface area contributed by atoms with Crippen molar-refractivity contribution in [2.75, 3.05) is 7.11 Å². The molecule has 8 heteroatoms. The Hall–Kier alpha value is -3.16. The van der Waals surface area contributed by atoms with Gasteiger partial charge in [-0.1, -0.05) is 79.0 Å². The van der Waals surface area contributed by atoms with Crippen LogP contribution in [0.2, 0.25) is 0 Å². The summed E-state index contributed by atoms with van der Waals surface area (Å²) in [5.41, 5.74) is 1.95. The van der Waals surface area contributed by atoms with Crippen molar-refractivity contribution in [1.82, 2.24) is 16.0 Å². The van der Waals surface area contributed by atoms with Gasteiger partial charge in [0.05, 0.1) is 13.2 Å². The minimum Gasteiger partial charge on any atom is -0.467 e. The van der Waals surface area contributed by atoms with Gasteiger partial charge in [0, 0.05) is 11.6 Å². The van der Waals surface area contributed by atoms with Gasteiger partial charge in [0.15, 0.2) is 0 Å². The number of esters is 1. The Bertz CT molecular complexity index is 989. The van der Waals surface area contributed by atoms with Crippen LogP contribution in [0.5, 0.6) is 0 Å². The second-order valence-electron chi connectivity index (χ2n) is 9.75. The van der Waals surface area contributed by atoms with Crippen LogP contribution in [-0.2, 0) is 19.1 Å². The van der Waals surface area contributed by atoms with Crippen LogP contribution >= 0.6 is 0 Å². The lowest BCUT2D eigenvalue weighted by Gasteiger charge is -2.33. The molecule has 0 radical (unpaired) electrons. The third-order valence-electron chi connectivity index (χ3n) is 7.36. The van der Waals surface area contributed by atoms with Crippen LogP contribution in [0.3, 0.4) is 0 Å². The van der Waals surface area contributed by atoms with Gasteiger partial charge in [-0.25, -0.2) is 4.79 Å². The van der Waals surface area contributed by atoms with E-state index in [1.54, 1.807) is 12.1 Å². The van der Waals surface area contributed by atoms with Crippen LogP contribution < -0.4 is 16.0 Å². The molecule has 0 spiro atoms. The smallest absolute Gasteiger partial charge is 0.328 e. The molecule has 1 aliphatic heterocycles. The first-order valence-corrected chi connectivity index (χ1v) is 12.9. The Balaban J connectivity index is 2.37. The van der Waals surface area contributed by atoms with E-state index in [0.717, 1.165) is 6.42 Å². The predicted octanol–water partition coefficient (Wildman–Crippen LogP) is 3.46.